The van der Waals surface area contributed by atoms with E-state index in [0.29, 0.717) is 36.6 Å². The molecule has 0 aliphatic heterocycles. The van der Waals surface area contributed by atoms with E-state index in [9.17, 15) is 5.11 Å². The summed E-state index contributed by atoms with van der Waals surface area (Å²) in [6.45, 7) is 6.73. The number of nitrogens with zero attached hydrogens (tertiary/aromatic N) is 2. The normalized spacial score (nSPS) is 19.6. The summed E-state index contributed by atoms with van der Waals surface area (Å²) in [6, 6.07) is 0. The standard InChI is InChI=1S/C15H26N2O3/c1-4-19-14(10(2)3)15-16-13(20-17-15)9-12(18)11-7-5-6-8-11/h10-12,14,18H,4-9H2,1-3H3. The van der Waals surface area contributed by atoms with Crippen molar-refractivity contribution in [3.63, 3.8) is 0 Å². The van der Waals surface area contributed by atoms with E-state index in [4.69, 9.17) is 9.26 Å². The van der Waals surface area contributed by atoms with Crippen LogP contribution in [0.2, 0.25) is 0 Å². The number of ether oxygens (including phenoxy) is 1. The highest BCUT2D eigenvalue weighted by Gasteiger charge is 2.27. The lowest BCUT2D eigenvalue weighted by molar-refractivity contribution is 0.0217. The second kappa shape index (κ2) is 7.18. The summed E-state index contributed by atoms with van der Waals surface area (Å²) in [5, 5.41) is 14.2. The molecule has 0 radical (unpaired) electrons. The van der Waals surface area contributed by atoms with Gasteiger partial charge in [0.25, 0.3) is 0 Å². The number of rotatable bonds is 7. The lowest BCUT2D eigenvalue weighted by atomic mass is 9.98. The largest absolute Gasteiger partial charge is 0.392 e. The van der Waals surface area contributed by atoms with Crippen LogP contribution in [0.1, 0.15) is 64.3 Å². The Morgan fingerprint density at radius 1 is 1.35 bits per heavy atom. The topological polar surface area (TPSA) is 68.4 Å². The van der Waals surface area contributed by atoms with E-state index >= 15 is 0 Å². The van der Waals surface area contributed by atoms with Gasteiger partial charge in [0, 0.05) is 6.61 Å². The van der Waals surface area contributed by atoms with Crippen molar-refractivity contribution >= 4 is 0 Å². The number of aliphatic hydroxyl groups excluding tert-OH is 1. The summed E-state index contributed by atoms with van der Waals surface area (Å²) >= 11 is 0. The first kappa shape index (κ1) is 15.4. The van der Waals surface area contributed by atoms with Crippen LogP contribution in [0.15, 0.2) is 4.52 Å². The first-order valence-electron chi connectivity index (χ1n) is 7.74. The minimum atomic E-state index is -0.365. The number of hydrogen-bond donors (Lipinski definition) is 1. The van der Waals surface area contributed by atoms with Gasteiger partial charge in [-0.05, 0) is 31.6 Å². The molecule has 1 fully saturated rings. The molecule has 2 rings (SSSR count). The Morgan fingerprint density at radius 3 is 2.65 bits per heavy atom. The molecule has 1 saturated carbocycles. The third-order valence-electron chi connectivity index (χ3n) is 4.02. The molecule has 0 saturated heterocycles. The molecule has 0 spiro atoms. The summed E-state index contributed by atoms with van der Waals surface area (Å²) in [7, 11) is 0. The zero-order valence-corrected chi connectivity index (χ0v) is 12.7. The minimum Gasteiger partial charge on any atom is -0.392 e. The fourth-order valence-corrected chi connectivity index (χ4v) is 2.90. The fraction of sp³-hybridized carbons (Fsp3) is 0.867. The molecule has 2 atom stereocenters. The van der Waals surface area contributed by atoms with Crippen molar-refractivity contribution in [3.05, 3.63) is 11.7 Å². The maximum absolute atomic E-state index is 10.2. The van der Waals surface area contributed by atoms with E-state index in [0.717, 1.165) is 12.8 Å². The van der Waals surface area contributed by atoms with Gasteiger partial charge < -0.3 is 14.4 Å². The first-order valence-corrected chi connectivity index (χ1v) is 7.74. The monoisotopic (exact) mass is 282 g/mol. The van der Waals surface area contributed by atoms with Crippen LogP contribution in [-0.4, -0.2) is 28.0 Å². The molecule has 1 aromatic heterocycles. The maximum Gasteiger partial charge on any atom is 0.229 e. The molecular formula is C15H26N2O3. The number of aliphatic hydroxyl groups is 1. The van der Waals surface area contributed by atoms with Crippen LogP contribution in [0.4, 0.5) is 0 Å². The van der Waals surface area contributed by atoms with Crippen molar-refractivity contribution in [2.24, 2.45) is 11.8 Å². The van der Waals surface area contributed by atoms with E-state index in [2.05, 4.69) is 24.0 Å². The molecule has 0 bridgehead atoms. The van der Waals surface area contributed by atoms with E-state index < -0.39 is 0 Å². The smallest absolute Gasteiger partial charge is 0.229 e. The van der Waals surface area contributed by atoms with Gasteiger partial charge in [0.15, 0.2) is 0 Å². The molecule has 1 aliphatic rings. The van der Waals surface area contributed by atoms with Gasteiger partial charge in [0.05, 0.1) is 12.5 Å². The second-order valence-corrected chi connectivity index (χ2v) is 5.98. The van der Waals surface area contributed by atoms with Crippen molar-refractivity contribution in [1.29, 1.82) is 0 Å². The van der Waals surface area contributed by atoms with Gasteiger partial charge in [-0.25, -0.2) is 0 Å². The van der Waals surface area contributed by atoms with E-state index in [-0.39, 0.29) is 12.2 Å². The highest BCUT2D eigenvalue weighted by atomic mass is 16.5. The van der Waals surface area contributed by atoms with E-state index in [1.165, 1.54) is 12.8 Å². The highest BCUT2D eigenvalue weighted by molar-refractivity contribution is 4.94. The van der Waals surface area contributed by atoms with Gasteiger partial charge in [-0.3, -0.25) is 0 Å². The predicted octanol–water partition coefficient (Wildman–Crippen LogP) is 2.90. The summed E-state index contributed by atoms with van der Waals surface area (Å²) in [4.78, 5) is 4.40. The Bertz CT molecular complexity index is 400. The average molecular weight is 282 g/mol. The van der Waals surface area contributed by atoms with Crippen molar-refractivity contribution in [2.45, 2.75) is 65.1 Å². The molecule has 1 heterocycles. The predicted molar refractivity (Wildman–Crippen MR) is 75.2 cm³/mol. The van der Waals surface area contributed by atoms with Crippen molar-refractivity contribution in [3.8, 4) is 0 Å². The molecule has 5 nitrogen and oxygen atoms in total. The Kier molecular flexibility index (Phi) is 5.54. The Hall–Kier alpha value is -0.940. The molecule has 1 aliphatic carbocycles. The van der Waals surface area contributed by atoms with Crippen LogP contribution in [0, 0.1) is 11.8 Å². The molecule has 1 N–H and O–H groups in total. The summed E-state index contributed by atoms with van der Waals surface area (Å²) in [6.07, 6.45) is 4.60. The van der Waals surface area contributed by atoms with Crippen LogP contribution in [0.25, 0.3) is 0 Å². The van der Waals surface area contributed by atoms with E-state index in [1.54, 1.807) is 0 Å². The molecule has 20 heavy (non-hydrogen) atoms. The van der Waals surface area contributed by atoms with Crippen LogP contribution < -0.4 is 0 Å². The summed E-state index contributed by atoms with van der Waals surface area (Å²) < 4.78 is 10.9. The van der Waals surface area contributed by atoms with Crippen molar-refractivity contribution in [1.82, 2.24) is 10.1 Å². The van der Waals surface area contributed by atoms with E-state index in [1.807, 2.05) is 6.92 Å². The SMILES string of the molecule is CCOC(c1noc(CC(O)C2CCCC2)n1)C(C)C. The van der Waals surface area contributed by atoms with Gasteiger partial charge in [0.1, 0.15) is 6.10 Å². The summed E-state index contributed by atoms with van der Waals surface area (Å²) in [5.41, 5.74) is 0. The Morgan fingerprint density at radius 2 is 2.05 bits per heavy atom. The van der Waals surface area contributed by atoms with Crippen molar-refractivity contribution < 1.29 is 14.4 Å². The number of aromatic nitrogens is 2. The van der Waals surface area contributed by atoms with Gasteiger partial charge in [-0.15, -0.1) is 0 Å². The van der Waals surface area contributed by atoms with Gasteiger partial charge in [-0.2, -0.15) is 4.98 Å². The van der Waals surface area contributed by atoms with Crippen LogP contribution >= 0.6 is 0 Å². The zero-order valence-electron chi connectivity index (χ0n) is 12.7. The lowest BCUT2D eigenvalue weighted by Crippen LogP contribution is -2.20. The molecular weight excluding hydrogens is 256 g/mol. The summed E-state index contributed by atoms with van der Waals surface area (Å²) in [5.74, 6) is 1.79. The number of hydrogen-bond acceptors (Lipinski definition) is 5. The Balaban J connectivity index is 1.96. The van der Waals surface area contributed by atoms with Gasteiger partial charge >= 0.3 is 0 Å². The highest BCUT2D eigenvalue weighted by Crippen LogP contribution is 2.29. The molecule has 114 valence electrons. The minimum absolute atomic E-state index is 0.138. The average Bonchev–Trinajstić information content (AvgIpc) is 3.06. The second-order valence-electron chi connectivity index (χ2n) is 5.98. The quantitative estimate of drug-likeness (QED) is 0.832. The van der Waals surface area contributed by atoms with Crippen LogP contribution in [0.5, 0.6) is 0 Å². The first-order chi connectivity index (χ1) is 9.61. The lowest BCUT2D eigenvalue weighted by Gasteiger charge is -2.16. The third kappa shape index (κ3) is 3.79. The van der Waals surface area contributed by atoms with Crippen molar-refractivity contribution in [2.75, 3.05) is 6.61 Å². The van der Waals surface area contributed by atoms with Gasteiger partial charge in [0.2, 0.25) is 11.7 Å². The maximum atomic E-state index is 10.2. The van der Waals surface area contributed by atoms with Crippen LogP contribution in [0.3, 0.4) is 0 Å². The Labute approximate surface area is 120 Å². The molecule has 0 aromatic carbocycles. The van der Waals surface area contributed by atoms with Gasteiger partial charge in [-0.1, -0.05) is 31.8 Å². The zero-order chi connectivity index (χ0) is 14.5. The molecule has 2 unspecified atom stereocenters. The fourth-order valence-electron chi connectivity index (χ4n) is 2.90. The third-order valence-corrected chi connectivity index (χ3v) is 4.02. The molecule has 1 aromatic rings. The molecule has 0 amide bonds. The molecule has 5 heteroatoms. The van der Waals surface area contributed by atoms with Crippen LogP contribution in [-0.2, 0) is 11.2 Å².